The van der Waals surface area contributed by atoms with Crippen LogP contribution in [-0.2, 0) is 0 Å². The predicted molar refractivity (Wildman–Crippen MR) is 74.9 cm³/mol. The minimum Gasteiger partial charge on any atom is -0.361 e. The molecule has 1 aliphatic rings. The van der Waals surface area contributed by atoms with Gasteiger partial charge in [-0.15, -0.1) is 0 Å². The number of benzene rings is 1. The molecule has 0 spiro atoms. The van der Waals surface area contributed by atoms with Gasteiger partial charge >= 0.3 is 0 Å². The molecule has 1 heterocycles. The van der Waals surface area contributed by atoms with Gasteiger partial charge in [0.25, 0.3) is 5.91 Å². The number of carbonyl (C=O) groups is 1. The summed E-state index contributed by atoms with van der Waals surface area (Å²) in [5, 5.41) is 11.0. The van der Waals surface area contributed by atoms with Crippen molar-refractivity contribution >= 4 is 11.6 Å². The topological polar surface area (TPSA) is 56.1 Å². The van der Waals surface area contributed by atoms with Crippen molar-refractivity contribution in [1.29, 1.82) is 5.26 Å². The van der Waals surface area contributed by atoms with Gasteiger partial charge in [-0.1, -0.05) is 0 Å². The van der Waals surface area contributed by atoms with Crippen LogP contribution in [-0.4, -0.2) is 25.0 Å². The number of halogens is 2. The van der Waals surface area contributed by atoms with E-state index in [1.165, 1.54) is 6.08 Å². The SMILES string of the molecule is CC(C)NC(=O)c1cc(F)c(N2CC(=CC#N)C2)cc1F. The monoisotopic (exact) mass is 291 g/mol. The van der Waals surface area contributed by atoms with E-state index in [4.69, 9.17) is 5.26 Å². The summed E-state index contributed by atoms with van der Waals surface area (Å²) in [6.45, 7) is 4.26. The van der Waals surface area contributed by atoms with E-state index in [1.54, 1.807) is 18.7 Å². The number of nitrogens with one attached hydrogen (secondary N) is 1. The molecule has 1 aromatic rings. The molecule has 1 aromatic carbocycles. The second kappa shape index (κ2) is 5.92. The van der Waals surface area contributed by atoms with E-state index < -0.39 is 17.5 Å². The summed E-state index contributed by atoms with van der Waals surface area (Å²) in [5.41, 5.74) is 0.654. The second-order valence-electron chi connectivity index (χ2n) is 5.20. The lowest BCUT2D eigenvalue weighted by molar-refractivity contribution is 0.0938. The number of hydrogen-bond donors (Lipinski definition) is 1. The van der Waals surface area contributed by atoms with E-state index in [1.807, 2.05) is 6.07 Å². The molecule has 1 N–H and O–H groups in total. The second-order valence-corrected chi connectivity index (χ2v) is 5.20. The summed E-state index contributed by atoms with van der Waals surface area (Å²) in [5.74, 6) is -2.05. The minimum atomic E-state index is -0.762. The standard InChI is InChI=1S/C15H15F2N3O/c1-9(2)19-15(21)11-5-13(17)14(6-12(11)16)20-7-10(8-20)3-4-18/h3,5-6,9H,7-8H2,1-2H3,(H,19,21). The Hall–Kier alpha value is -2.42. The van der Waals surface area contributed by atoms with Crippen LogP contribution in [0.3, 0.4) is 0 Å². The van der Waals surface area contributed by atoms with Gasteiger partial charge < -0.3 is 10.2 Å². The molecule has 0 atom stereocenters. The summed E-state index contributed by atoms with van der Waals surface area (Å²) < 4.78 is 28.0. The average Bonchev–Trinajstić information content (AvgIpc) is 2.35. The zero-order chi connectivity index (χ0) is 15.6. The third-order valence-electron chi connectivity index (χ3n) is 3.10. The first kappa shape index (κ1) is 15.0. The van der Waals surface area contributed by atoms with Crippen molar-refractivity contribution in [2.24, 2.45) is 0 Å². The van der Waals surface area contributed by atoms with Crippen molar-refractivity contribution in [3.8, 4) is 6.07 Å². The number of nitriles is 1. The average molecular weight is 291 g/mol. The Kier molecular flexibility index (Phi) is 4.22. The molecule has 0 radical (unpaired) electrons. The Balaban J connectivity index is 2.21. The molecule has 0 aromatic heterocycles. The van der Waals surface area contributed by atoms with Gasteiger partial charge in [0.1, 0.15) is 11.6 Å². The molecule has 4 nitrogen and oxygen atoms in total. The molecule has 1 saturated heterocycles. The fraction of sp³-hybridized carbons (Fsp3) is 0.333. The summed E-state index contributed by atoms with van der Waals surface area (Å²) in [7, 11) is 0. The van der Waals surface area contributed by atoms with E-state index in [0.29, 0.717) is 13.1 Å². The number of hydrogen-bond acceptors (Lipinski definition) is 3. The fourth-order valence-electron chi connectivity index (χ4n) is 2.09. The van der Waals surface area contributed by atoms with Crippen LogP contribution >= 0.6 is 0 Å². The van der Waals surface area contributed by atoms with Crippen molar-refractivity contribution in [3.63, 3.8) is 0 Å². The molecule has 110 valence electrons. The highest BCUT2D eigenvalue weighted by atomic mass is 19.1. The summed E-state index contributed by atoms with van der Waals surface area (Å²) in [6, 6.07) is 3.67. The third-order valence-corrected chi connectivity index (χ3v) is 3.10. The highest BCUT2D eigenvalue weighted by Crippen LogP contribution is 2.29. The van der Waals surface area contributed by atoms with Crippen molar-refractivity contribution in [2.75, 3.05) is 18.0 Å². The van der Waals surface area contributed by atoms with Crippen LogP contribution in [0, 0.1) is 23.0 Å². The molecular weight excluding hydrogens is 276 g/mol. The first-order valence-electron chi connectivity index (χ1n) is 6.54. The van der Waals surface area contributed by atoms with Crippen LogP contribution in [0.15, 0.2) is 23.8 Å². The molecule has 0 saturated carbocycles. The molecular formula is C15H15F2N3O. The van der Waals surface area contributed by atoms with Crippen LogP contribution in [0.2, 0.25) is 0 Å². The molecule has 21 heavy (non-hydrogen) atoms. The molecule has 1 fully saturated rings. The van der Waals surface area contributed by atoms with Crippen LogP contribution < -0.4 is 10.2 Å². The van der Waals surface area contributed by atoms with Gasteiger partial charge in [0, 0.05) is 31.3 Å². The summed E-state index contributed by atoms with van der Waals surface area (Å²) in [4.78, 5) is 13.4. The van der Waals surface area contributed by atoms with Crippen LogP contribution in [0.5, 0.6) is 0 Å². The Morgan fingerprint density at radius 2 is 2.05 bits per heavy atom. The van der Waals surface area contributed by atoms with Crippen LogP contribution in [0.1, 0.15) is 24.2 Å². The lowest BCUT2D eigenvalue weighted by atomic mass is 10.0. The number of anilines is 1. The minimum absolute atomic E-state index is 0.101. The van der Waals surface area contributed by atoms with Gasteiger partial charge in [-0.2, -0.15) is 5.26 Å². The Morgan fingerprint density at radius 1 is 1.38 bits per heavy atom. The Bertz CT molecular complexity index is 639. The largest absolute Gasteiger partial charge is 0.361 e. The molecule has 2 rings (SSSR count). The maximum absolute atomic E-state index is 14.0. The molecule has 0 bridgehead atoms. The van der Waals surface area contributed by atoms with Gasteiger partial charge in [0.2, 0.25) is 0 Å². The lowest BCUT2D eigenvalue weighted by Crippen LogP contribution is -2.40. The van der Waals surface area contributed by atoms with Crippen molar-refractivity contribution in [2.45, 2.75) is 19.9 Å². The Morgan fingerprint density at radius 3 is 2.62 bits per heavy atom. The smallest absolute Gasteiger partial charge is 0.254 e. The Labute approximate surface area is 121 Å². The maximum Gasteiger partial charge on any atom is 0.254 e. The van der Waals surface area contributed by atoms with E-state index in [-0.39, 0.29) is 17.3 Å². The maximum atomic E-state index is 14.0. The fourth-order valence-corrected chi connectivity index (χ4v) is 2.09. The quantitative estimate of drug-likeness (QED) is 0.870. The first-order valence-corrected chi connectivity index (χ1v) is 6.54. The normalized spacial score (nSPS) is 13.7. The zero-order valence-corrected chi connectivity index (χ0v) is 11.8. The van der Waals surface area contributed by atoms with Gasteiger partial charge in [0.15, 0.2) is 0 Å². The van der Waals surface area contributed by atoms with Gasteiger partial charge in [-0.3, -0.25) is 4.79 Å². The van der Waals surface area contributed by atoms with Crippen molar-refractivity contribution in [1.82, 2.24) is 5.32 Å². The lowest BCUT2D eigenvalue weighted by Gasteiger charge is -2.35. The van der Waals surface area contributed by atoms with Crippen molar-refractivity contribution in [3.05, 3.63) is 41.0 Å². The van der Waals surface area contributed by atoms with Crippen LogP contribution in [0.4, 0.5) is 14.5 Å². The highest BCUT2D eigenvalue weighted by molar-refractivity contribution is 5.95. The number of carbonyl (C=O) groups excluding carboxylic acids is 1. The number of rotatable bonds is 3. The van der Waals surface area contributed by atoms with E-state index in [9.17, 15) is 13.6 Å². The van der Waals surface area contributed by atoms with E-state index in [0.717, 1.165) is 17.7 Å². The van der Waals surface area contributed by atoms with Gasteiger partial charge in [-0.05, 0) is 25.5 Å². The number of nitrogens with zero attached hydrogens (tertiary/aromatic N) is 2. The summed E-state index contributed by atoms with van der Waals surface area (Å²) >= 11 is 0. The first-order chi connectivity index (χ1) is 9.92. The van der Waals surface area contributed by atoms with Crippen LogP contribution in [0.25, 0.3) is 0 Å². The third kappa shape index (κ3) is 3.19. The van der Waals surface area contributed by atoms with E-state index in [2.05, 4.69) is 5.32 Å². The molecule has 0 aliphatic carbocycles. The molecule has 0 unspecified atom stereocenters. The van der Waals surface area contributed by atoms with Crippen molar-refractivity contribution < 1.29 is 13.6 Å². The summed E-state index contributed by atoms with van der Waals surface area (Å²) in [6.07, 6.45) is 1.40. The number of allylic oxidation sites excluding steroid dienone is 1. The number of amides is 1. The van der Waals surface area contributed by atoms with Gasteiger partial charge in [0.05, 0.1) is 17.3 Å². The molecule has 6 heteroatoms. The zero-order valence-electron chi connectivity index (χ0n) is 11.8. The van der Waals surface area contributed by atoms with E-state index >= 15 is 0 Å². The highest BCUT2D eigenvalue weighted by Gasteiger charge is 2.25. The predicted octanol–water partition coefficient (Wildman–Crippen LogP) is 2.37. The molecule has 1 aliphatic heterocycles. The van der Waals surface area contributed by atoms with Gasteiger partial charge in [-0.25, -0.2) is 8.78 Å². The molecule has 1 amide bonds.